The van der Waals surface area contributed by atoms with Gasteiger partial charge in [-0.1, -0.05) is 12.1 Å². The lowest BCUT2D eigenvalue weighted by molar-refractivity contribution is 0.0904. The van der Waals surface area contributed by atoms with Crippen molar-refractivity contribution in [2.24, 2.45) is 4.99 Å². The maximum atomic E-state index is 13.0. The summed E-state index contributed by atoms with van der Waals surface area (Å²) in [5.41, 5.74) is 1.05. The van der Waals surface area contributed by atoms with Gasteiger partial charge in [-0.3, -0.25) is 4.99 Å². The van der Waals surface area contributed by atoms with Crippen LogP contribution in [0.3, 0.4) is 0 Å². The first-order valence-corrected chi connectivity index (χ1v) is 11.2. The molecule has 0 radical (unpaired) electrons. The first-order chi connectivity index (χ1) is 13.3. The van der Waals surface area contributed by atoms with Crippen molar-refractivity contribution < 1.29 is 17.5 Å². The van der Waals surface area contributed by atoms with Gasteiger partial charge >= 0.3 is 0 Å². The van der Waals surface area contributed by atoms with E-state index in [0.717, 1.165) is 17.9 Å². The van der Waals surface area contributed by atoms with Crippen LogP contribution in [0.2, 0.25) is 0 Å². The molecule has 1 saturated heterocycles. The molecule has 0 aliphatic carbocycles. The van der Waals surface area contributed by atoms with Crippen LogP contribution in [-0.4, -0.2) is 81.8 Å². The molecule has 0 unspecified atom stereocenters. The summed E-state index contributed by atoms with van der Waals surface area (Å²) in [4.78, 5) is 6.35. The highest BCUT2D eigenvalue weighted by atomic mass is 127. The summed E-state index contributed by atoms with van der Waals surface area (Å²) in [6.45, 7) is 6.70. The zero-order valence-electron chi connectivity index (χ0n) is 17.3. The van der Waals surface area contributed by atoms with E-state index in [9.17, 15) is 12.8 Å². The van der Waals surface area contributed by atoms with Gasteiger partial charge in [-0.05, 0) is 38.0 Å². The fraction of sp³-hybridized carbons (Fsp3) is 0.632. The molecule has 0 amide bonds. The summed E-state index contributed by atoms with van der Waals surface area (Å²) in [6, 6.07) is 6.45. The summed E-state index contributed by atoms with van der Waals surface area (Å²) in [7, 11) is -1.59. The molecule has 1 aromatic rings. The van der Waals surface area contributed by atoms with Crippen molar-refractivity contribution in [3.05, 3.63) is 35.6 Å². The first-order valence-electron chi connectivity index (χ1n) is 9.61. The van der Waals surface area contributed by atoms with Crippen molar-refractivity contribution in [2.75, 3.05) is 52.1 Å². The summed E-state index contributed by atoms with van der Waals surface area (Å²) in [5, 5.41) is 3.30. The Morgan fingerprint density at radius 2 is 1.83 bits per heavy atom. The molecular weight excluding hydrogens is 510 g/mol. The van der Waals surface area contributed by atoms with Crippen molar-refractivity contribution in [3.63, 3.8) is 0 Å². The van der Waals surface area contributed by atoms with Gasteiger partial charge in [0.25, 0.3) is 0 Å². The lowest BCUT2D eigenvalue weighted by Crippen LogP contribution is -2.54. The number of rotatable bonds is 8. The quantitative estimate of drug-likeness (QED) is 0.309. The number of nitrogens with zero attached hydrogens (tertiary/aromatic N) is 3. The second-order valence-electron chi connectivity index (χ2n) is 6.97. The van der Waals surface area contributed by atoms with Crippen LogP contribution in [0.5, 0.6) is 0 Å². The molecule has 7 nitrogen and oxygen atoms in total. The largest absolute Gasteiger partial charge is 0.378 e. The van der Waals surface area contributed by atoms with E-state index in [4.69, 9.17) is 4.74 Å². The number of hydrogen-bond donors (Lipinski definition) is 1. The molecule has 1 N–H and O–H groups in total. The second kappa shape index (κ2) is 12.7. The van der Waals surface area contributed by atoms with E-state index >= 15 is 0 Å². The van der Waals surface area contributed by atoms with E-state index in [1.807, 2.05) is 13.8 Å². The predicted molar refractivity (Wildman–Crippen MR) is 125 cm³/mol. The Labute approximate surface area is 190 Å². The highest BCUT2D eigenvalue weighted by molar-refractivity contribution is 14.0. The molecule has 0 bridgehead atoms. The lowest BCUT2D eigenvalue weighted by Gasteiger charge is -2.35. The average molecular weight is 542 g/mol. The van der Waals surface area contributed by atoms with Crippen LogP contribution in [0.25, 0.3) is 0 Å². The summed E-state index contributed by atoms with van der Waals surface area (Å²) < 4.78 is 44.7. The van der Waals surface area contributed by atoms with Crippen molar-refractivity contribution >= 4 is 40.0 Å². The maximum Gasteiger partial charge on any atom is 0.216 e. The molecule has 1 aliphatic rings. The number of nitrogens with one attached hydrogen (secondary N) is 1. The van der Waals surface area contributed by atoms with Crippen LogP contribution in [-0.2, 0) is 21.2 Å². The zero-order chi connectivity index (χ0) is 20.6. The SMILES string of the molecule is CN=C(NCCc1ccc(F)cc1)N1CCN(S(=O)(=O)CCOC(C)C)CC1.I. The van der Waals surface area contributed by atoms with Gasteiger partial charge in [-0.15, -0.1) is 24.0 Å². The van der Waals surface area contributed by atoms with Gasteiger partial charge in [0.1, 0.15) is 5.82 Å². The monoisotopic (exact) mass is 542 g/mol. The predicted octanol–water partition coefficient (Wildman–Crippen LogP) is 1.93. The standard InChI is InChI=1S/C19H31FN4O3S.HI/c1-16(2)27-14-15-28(25,26)24-12-10-23(11-13-24)19(21-3)22-9-8-17-4-6-18(20)7-5-17;/h4-7,16H,8-15H2,1-3H3,(H,21,22);1H. The van der Waals surface area contributed by atoms with E-state index in [-0.39, 0.29) is 48.3 Å². The fourth-order valence-corrected chi connectivity index (χ4v) is 4.28. The number of aliphatic imine (C=N–C) groups is 1. The Balaban J connectivity index is 0.00000420. The third-order valence-electron chi connectivity index (χ3n) is 4.55. The van der Waals surface area contributed by atoms with E-state index in [1.165, 1.54) is 16.4 Å². The molecular formula is C19H32FIN4O3S. The third kappa shape index (κ3) is 8.73. The number of ether oxygens (including phenoxy) is 1. The Morgan fingerprint density at radius 3 is 2.38 bits per heavy atom. The molecule has 10 heteroatoms. The minimum atomic E-state index is -3.30. The molecule has 2 rings (SSSR count). The molecule has 0 atom stereocenters. The number of guanidine groups is 1. The van der Waals surface area contributed by atoms with Crippen LogP contribution in [0.4, 0.5) is 4.39 Å². The first kappa shape index (κ1) is 26.1. The number of benzene rings is 1. The van der Waals surface area contributed by atoms with E-state index in [2.05, 4.69) is 15.2 Å². The summed E-state index contributed by atoms with van der Waals surface area (Å²) >= 11 is 0. The number of hydrogen-bond acceptors (Lipinski definition) is 4. The van der Waals surface area contributed by atoms with Crippen LogP contribution in [0.1, 0.15) is 19.4 Å². The number of halogens is 2. The molecule has 0 spiro atoms. The van der Waals surface area contributed by atoms with Gasteiger partial charge in [0.05, 0.1) is 18.5 Å². The fourth-order valence-electron chi connectivity index (χ4n) is 3.00. The van der Waals surface area contributed by atoms with Gasteiger partial charge in [0, 0.05) is 39.8 Å². The summed E-state index contributed by atoms with van der Waals surface area (Å²) in [5.74, 6) is 0.522. The molecule has 1 aliphatic heterocycles. The highest BCUT2D eigenvalue weighted by Crippen LogP contribution is 2.09. The minimum absolute atomic E-state index is 0. The zero-order valence-corrected chi connectivity index (χ0v) is 20.5. The Morgan fingerprint density at radius 1 is 1.21 bits per heavy atom. The molecule has 166 valence electrons. The van der Waals surface area contributed by atoms with Crippen LogP contribution in [0, 0.1) is 5.82 Å². The third-order valence-corrected chi connectivity index (χ3v) is 6.38. The number of sulfonamides is 1. The topological polar surface area (TPSA) is 74.2 Å². The second-order valence-corrected chi connectivity index (χ2v) is 9.06. The molecule has 1 heterocycles. The molecule has 0 saturated carbocycles. The Hall–Kier alpha value is -0.980. The van der Waals surface area contributed by atoms with Crippen LogP contribution in [0.15, 0.2) is 29.3 Å². The lowest BCUT2D eigenvalue weighted by atomic mass is 10.1. The van der Waals surface area contributed by atoms with Crippen LogP contribution >= 0.6 is 24.0 Å². The van der Waals surface area contributed by atoms with E-state index < -0.39 is 10.0 Å². The average Bonchev–Trinajstić information content (AvgIpc) is 2.66. The van der Waals surface area contributed by atoms with Gasteiger partial charge in [0.15, 0.2) is 5.96 Å². The Bertz CT molecular complexity index is 736. The number of piperazine rings is 1. The van der Waals surface area contributed by atoms with E-state index in [1.54, 1.807) is 19.2 Å². The smallest absolute Gasteiger partial charge is 0.216 e. The Kier molecular flexibility index (Phi) is 11.4. The van der Waals surface area contributed by atoms with Crippen molar-refractivity contribution in [1.82, 2.24) is 14.5 Å². The molecule has 0 aromatic heterocycles. The molecule has 1 aromatic carbocycles. The maximum absolute atomic E-state index is 13.0. The van der Waals surface area contributed by atoms with Gasteiger partial charge in [-0.2, -0.15) is 4.31 Å². The normalized spacial score (nSPS) is 16.0. The van der Waals surface area contributed by atoms with Crippen molar-refractivity contribution in [1.29, 1.82) is 0 Å². The van der Waals surface area contributed by atoms with E-state index in [0.29, 0.717) is 32.7 Å². The minimum Gasteiger partial charge on any atom is -0.378 e. The molecule has 1 fully saturated rings. The summed E-state index contributed by atoms with van der Waals surface area (Å²) in [6.07, 6.45) is 0.778. The van der Waals surface area contributed by atoms with Gasteiger partial charge < -0.3 is 15.0 Å². The van der Waals surface area contributed by atoms with Crippen LogP contribution < -0.4 is 5.32 Å². The van der Waals surface area contributed by atoms with Gasteiger partial charge in [0.2, 0.25) is 10.0 Å². The highest BCUT2D eigenvalue weighted by Gasteiger charge is 2.27. The molecule has 29 heavy (non-hydrogen) atoms. The van der Waals surface area contributed by atoms with Crippen molar-refractivity contribution in [3.8, 4) is 0 Å². The van der Waals surface area contributed by atoms with Gasteiger partial charge in [-0.25, -0.2) is 12.8 Å². The van der Waals surface area contributed by atoms with Crippen molar-refractivity contribution in [2.45, 2.75) is 26.4 Å².